The molecule has 2 heterocycles. The number of nitrogens with zero attached hydrogens (tertiary/aromatic N) is 2. The van der Waals surface area contributed by atoms with Gasteiger partial charge >= 0.3 is 0 Å². The summed E-state index contributed by atoms with van der Waals surface area (Å²) in [6, 6.07) is 16.5. The summed E-state index contributed by atoms with van der Waals surface area (Å²) in [4.78, 5) is 31.6. The van der Waals surface area contributed by atoms with Gasteiger partial charge in [0.1, 0.15) is 11.3 Å². The molecule has 7 nitrogen and oxygen atoms in total. The third kappa shape index (κ3) is 4.35. The standard InChI is InChI=1S/C24H23N3O4/c1-16-9-10-21-19(14-16)27(24(29)18-7-5-12-25-23(18)31-21)13-11-22(28)26-15-17-6-3-4-8-20(17)30-2/h3-10,12,14H,11,13,15H2,1-2H3,(H,26,28). The van der Waals surface area contributed by atoms with Crippen LogP contribution in [0, 0.1) is 6.92 Å². The van der Waals surface area contributed by atoms with Crippen molar-refractivity contribution < 1.29 is 19.1 Å². The average molecular weight is 417 g/mol. The van der Waals surface area contributed by atoms with Crippen molar-refractivity contribution in [2.24, 2.45) is 0 Å². The Morgan fingerprint density at radius 2 is 2.00 bits per heavy atom. The predicted octanol–water partition coefficient (Wildman–Crippen LogP) is 3.86. The van der Waals surface area contributed by atoms with E-state index in [1.165, 1.54) is 0 Å². The second-order valence-electron chi connectivity index (χ2n) is 7.22. The highest BCUT2D eigenvalue weighted by Gasteiger charge is 2.29. The molecular weight excluding hydrogens is 394 g/mol. The lowest BCUT2D eigenvalue weighted by molar-refractivity contribution is -0.121. The Balaban J connectivity index is 1.51. The quantitative estimate of drug-likeness (QED) is 0.659. The van der Waals surface area contributed by atoms with Crippen molar-refractivity contribution in [3.8, 4) is 17.4 Å². The maximum atomic E-state index is 13.2. The molecule has 1 aromatic heterocycles. The van der Waals surface area contributed by atoms with Crippen LogP contribution in [0.1, 0.15) is 27.9 Å². The summed E-state index contributed by atoms with van der Waals surface area (Å²) in [5.41, 5.74) is 2.87. The summed E-state index contributed by atoms with van der Waals surface area (Å²) >= 11 is 0. The van der Waals surface area contributed by atoms with Gasteiger partial charge in [-0.2, -0.15) is 0 Å². The molecule has 7 heteroatoms. The van der Waals surface area contributed by atoms with Crippen LogP contribution in [-0.2, 0) is 11.3 Å². The number of rotatable bonds is 6. The molecule has 0 radical (unpaired) electrons. The minimum absolute atomic E-state index is 0.143. The zero-order valence-electron chi connectivity index (χ0n) is 17.4. The largest absolute Gasteiger partial charge is 0.496 e. The van der Waals surface area contributed by atoms with Gasteiger partial charge in [-0.15, -0.1) is 0 Å². The van der Waals surface area contributed by atoms with Gasteiger partial charge in [0.15, 0.2) is 5.75 Å². The number of amides is 2. The van der Waals surface area contributed by atoms with Crippen molar-refractivity contribution in [2.75, 3.05) is 18.6 Å². The minimum atomic E-state index is -0.245. The van der Waals surface area contributed by atoms with Crippen molar-refractivity contribution >= 4 is 17.5 Å². The first kappa shape index (κ1) is 20.4. The number of nitrogens with one attached hydrogen (secondary N) is 1. The molecule has 158 valence electrons. The fraction of sp³-hybridized carbons (Fsp3) is 0.208. The van der Waals surface area contributed by atoms with Crippen LogP contribution in [0.3, 0.4) is 0 Å². The first-order valence-corrected chi connectivity index (χ1v) is 10.0. The number of hydrogen-bond acceptors (Lipinski definition) is 5. The van der Waals surface area contributed by atoms with E-state index in [1.54, 1.807) is 30.3 Å². The molecular formula is C24H23N3O4. The van der Waals surface area contributed by atoms with Gasteiger partial charge in [-0.05, 0) is 42.8 Å². The molecule has 0 fully saturated rings. The number of para-hydroxylation sites is 1. The van der Waals surface area contributed by atoms with Crippen molar-refractivity contribution in [3.05, 3.63) is 77.5 Å². The van der Waals surface area contributed by atoms with E-state index < -0.39 is 0 Å². The van der Waals surface area contributed by atoms with Crippen LogP contribution in [0.5, 0.6) is 17.4 Å². The molecule has 0 saturated heterocycles. The predicted molar refractivity (Wildman–Crippen MR) is 117 cm³/mol. The van der Waals surface area contributed by atoms with E-state index in [9.17, 15) is 9.59 Å². The molecule has 0 saturated carbocycles. The maximum absolute atomic E-state index is 13.2. The number of methoxy groups -OCH3 is 1. The summed E-state index contributed by atoms with van der Waals surface area (Å²) in [6.07, 6.45) is 1.73. The van der Waals surface area contributed by atoms with E-state index in [0.29, 0.717) is 23.5 Å². The molecule has 31 heavy (non-hydrogen) atoms. The fourth-order valence-electron chi connectivity index (χ4n) is 3.49. The highest BCUT2D eigenvalue weighted by molar-refractivity contribution is 6.09. The van der Waals surface area contributed by atoms with E-state index in [2.05, 4.69) is 10.3 Å². The summed E-state index contributed by atoms with van der Waals surface area (Å²) in [6.45, 7) is 2.51. The number of pyridine rings is 1. The van der Waals surface area contributed by atoms with E-state index in [4.69, 9.17) is 9.47 Å². The van der Waals surface area contributed by atoms with Gasteiger partial charge < -0.3 is 19.7 Å². The molecule has 1 N–H and O–H groups in total. The number of fused-ring (bicyclic) bond motifs is 2. The monoisotopic (exact) mass is 417 g/mol. The Bertz CT molecular complexity index is 1130. The van der Waals surface area contributed by atoms with Gasteiger partial charge in [0, 0.05) is 31.3 Å². The number of carbonyl (C=O) groups is 2. The molecule has 1 aliphatic rings. The Hall–Kier alpha value is -3.87. The van der Waals surface area contributed by atoms with Crippen LogP contribution in [0.15, 0.2) is 60.8 Å². The molecule has 0 atom stereocenters. The van der Waals surface area contributed by atoms with Crippen LogP contribution >= 0.6 is 0 Å². The number of aromatic nitrogens is 1. The van der Waals surface area contributed by atoms with Crippen molar-refractivity contribution in [1.29, 1.82) is 0 Å². The summed E-state index contributed by atoms with van der Waals surface area (Å²) in [5.74, 6) is 1.11. The van der Waals surface area contributed by atoms with E-state index in [0.717, 1.165) is 16.9 Å². The third-order valence-electron chi connectivity index (χ3n) is 5.09. The van der Waals surface area contributed by atoms with Crippen molar-refractivity contribution in [3.63, 3.8) is 0 Å². The molecule has 4 rings (SSSR count). The normalized spacial score (nSPS) is 12.3. The van der Waals surface area contributed by atoms with Gasteiger partial charge in [-0.25, -0.2) is 4.98 Å². The van der Waals surface area contributed by atoms with Crippen LogP contribution in [-0.4, -0.2) is 30.5 Å². The van der Waals surface area contributed by atoms with Gasteiger partial charge in [-0.3, -0.25) is 9.59 Å². The highest BCUT2D eigenvalue weighted by Crippen LogP contribution is 2.38. The van der Waals surface area contributed by atoms with Crippen LogP contribution in [0.25, 0.3) is 0 Å². The molecule has 2 amide bonds. The second-order valence-corrected chi connectivity index (χ2v) is 7.22. The SMILES string of the molecule is COc1ccccc1CNC(=O)CCN1C(=O)c2cccnc2Oc2ccc(C)cc21. The fourth-order valence-corrected chi connectivity index (χ4v) is 3.49. The number of carbonyl (C=O) groups excluding carboxylic acids is 2. The van der Waals surface area contributed by atoms with Crippen molar-refractivity contribution in [1.82, 2.24) is 10.3 Å². The van der Waals surface area contributed by atoms with Gasteiger partial charge in [0.25, 0.3) is 5.91 Å². The Morgan fingerprint density at radius 1 is 1.16 bits per heavy atom. The van der Waals surface area contributed by atoms with Crippen LogP contribution in [0.2, 0.25) is 0 Å². The topological polar surface area (TPSA) is 80.8 Å². The number of benzene rings is 2. The Labute approximate surface area is 180 Å². The molecule has 1 aliphatic heterocycles. The number of hydrogen-bond donors (Lipinski definition) is 1. The van der Waals surface area contributed by atoms with Gasteiger partial charge in [0.2, 0.25) is 11.8 Å². The Morgan fingerprint density at radius 3 is 2.84 bits per heavy atom. The second kappa shape index (κ2) is 8.87. The van der Waals surface area contributed by atoms with E-state index in [1.807, 2.05) is 49.4 Å². The molecule has 3 aromatic rings. The smallest absolute Gasteiger partial charge is 0.263 e. The first-order valence-electron chi connectivity index (χ1n) is 10.0. The summed E-state index contributed by atoms with van der Waals surface area (Å²) in [5, 5.41) is 2.90. The van der Waals surface area contributed by atoms with Crippen LogP contribution in [0.4, 0.5) is 5.69 Å². The van der Waals surface area contributed by atoms with Crippen LogP contribution < -0.4 is 19.7 Å². The zero-order valence-corrected chi connectivity index (χ0v) is 17.4. The highest BCUT2D eigenvalue weighted by atomic mass is 16.5. The molecule has 0 bridgehead atoms. The zero-order chi connectivity index (χ0) is 21.8. The minimum Gasteiger partial charge on any atom is -0.496 e. The summed E-state index contributed by atoms with van der Waals surface area (Å²) < 4.78 is 11.2. The lowest BCUT2D eigenvalue weighted by atomic mass is 10.1. The molecule has 2 aromatic carbocycles. The average Bonchev–Trinajstić information content (AvgIpc) is 2.90. The third-order valence-corrected chi connectivity index (χ3v) is 5.09. The van der Waals surface area contributed by atoms with Gasteiger partial charge in [0.05, 0.1) is 12.8 Å². The van der Waals surface area contributed by atoms with Gasteiger partial charge in [-0.1, -0.05) is 24.3 Å². The van der Waals surface area contributed by atoms with E-state index >= 15 is 0 Å². The maximum Gasteiger partial charge on any atom is 0.263 e. The van der Waals surface area contributed by atoms with E-state index in [-0.39, 0.29) is 30.7 Å². The molecule has 0 unspecified atom stereocenters. The Kier molecular flexibility index (Phi) is 5.84. The lowest BCUT2D eigenvalue weighted by Gasteiger charge is -2.22. The lowest BCUT2D eigenvalue weighted by Crippen LogP contribution is -2.35. The number of ether oxygens (including phenoxy) is 2. The number of aryl methyl sites for hydroxylation is 1. The first-order chi connectivity index (χ1) is 15.1. The number of anilines is 1. The molecule has 0 aliphatic carbocycles. The summed E-state index contributed by atoms with van der Waals surface area (Å²) in [7, 11) is 1.60. The van der Waals surface area contributed by atoms with Crippen molar-refractivity contribution in [2.45, 2.75) is 19.9 Å². The molecule has 0 spiro atoms.